The van der Waals surface area contributed by atoms with Crippen LogP contribution in [0, 0.1) is 6.92 Å². The predicted molar refractivity (Wildman–Crippen MR) is 84.6 cm³/mol. The lowest BCUT2D eigenvalue weighted by Crippen LogP contribution is -2.27. The second-order valence-corrected chi connectivity index (χ2v) is 6.40. The highest BCUT2D eigenvalue weighted by atomic mass is 32.1. The van der Waals surface area contributed by atoms with Crippen LogP contribution in [0.3, 0.4) is 0 Å². The first-order valence-electron chi connectivity index (χ1n) is 6.90. The third kappa shape index (κ3) is 4.65. The smallest absolute Gasteiger partial charge is 0.339 e. The van der Waals surface area contributed by atoms with E-state index in [9.17, 15) is 4.79 Å². The van der Waals surface area contributed by atoms with Crippen molar-refractivity contribution in [3.8, 4) is 0 Å². The van der Waals surface area contributed by atoms with Crippen LogP contribution in [-0.2, 0) is 17.7 Å². The van der Waals surface area contributed by atoms with Crippen LogP contribution in [0.15, 0.2) is 30.5 Å². The number of aromatic nitrogens is 1. The predicted octanol–water partition coefficient (Wildman–Crippen LogP) is 2.96. The lowest BCUT2D eigenvalue weighted by Gasteiger charge is -2.12. The highest BCUT2D eigenvalue weighted by Gasteiger charge is 2.07. The van der Waals surface area contributed by atoms with Crippen molar-refractivity contribution in [3.05, 3.63) is 51.5 Å². The van der Waals surface area contributed by atoms with E-state index in [-0.39, 0.29) is 5.97 Å². The van der Waals surface area contributed by atoms with Crippen LogP contribution in [0.4, 0.5) is 0 Å². The minimum absolute atomic E-state index is 0.358. The summed E-state index contributed by atoms with van der Waals surface area (Å²) in [4.78, 5) is 18.3. The van der Waals surface area contributed by atoms with E-state index in [1.165, 1.54) is 16.9 Å². The summed E-state index contributed by atoms with van der Waals surface area (Å²) < 4.78 is 4.65. The van der Waals surface area contributed by atoms with Crippen LogP contribution < -0.4 is 5.32 Å². The number of hydrogen-bond donors (Lipinski definition) is 1. The lowest BCUT2D eigenvalue weighted by atomic mass is 10.2. The van der Waals surface area contributed by atoms with Gasteiger partial charge in [0.1, 0.15) is 0 Å². The van der Waals surface area contributed by atoms with E-state index in [0.29, 0.717) is 18.2 Å². The average Bonchev–Trinajstić information content (AvgIpc) is 2.90. The summed E-state index contributed by atoms with van der Waals surface area (Å²) in [6.45, 7) is 4.98. The third-order valence-corrected chi connectivity index (χ3v) is 4.20. The van der Waals surface area contributed by atoms with Gasteiger partial charge in [-0.25, -0.2) is 4.79 Å². The van der Waals surface area contributed by atoms with Gasteiger partial charge in [-0.15, -0.1) is 11.3 Å². The second kappa shape index (κ2) is 7.33. The lowest BCUT2D eigenvalue weighted by molar-refractivity contribution is 0.0600. The second-order valence-electron chi connectivity index (χ2n) is 5.03. The molecule has 0 saturated carbocycles. The molecule has 2 rings (SSSR count). The van der Waals surface area contributed by atoms with Crippen LogP contribution in [0.1, 0.15) is 32.7 Å². The van der Waals surface area contributed by atoms with Crippen molar-refractivity contribution in [2.75, 3.05) is 7.11 Å². The summed E-state index contributed by atoms with van der Waals surface area (Å²) in [5.41, 5.74) is 1.39. The first-order chi connectivity index (χ1) is 10.1. The molecule has 21 heavy (non-hydrogen) atoms. The van der Waals surface area contributed by atoms with Gasteiger partial charge in [-0.3, -0.25) is 4.98 Å². The molecule has 0 spiro atoms. The zero-order valence-corrected chi connectivity index (χ0v) is 13.4. The van der Waals surface area contributed by atoms with Crippen molar-refractivity contribution >= 4 is 17.3 Å². The maximum atomic E-state index is 11.3. The van der Waals surface area contributed by atoms with Crippen LogP contribution in [0.5, 0.6) is 0 Å². The van der Waals surface area contributed by atoms with Crippen LogP contribution in [0.25, 0.3) is 0 Å². The number of hydrogen-bond acceptors (Lipinski definition) is 5. The van der Waals surface area contributed by atoms with Crippen molar-refractivity contribution in [3.63, 3.8) is 0 Å². The Kier molecular flexibility index (Phi) is 5.47. The number of thiophene rings is 1. The molecular formula is C16H20N2O2S. The molecule has 1 atom stereocenters. The van der Waals surface area contributed by atoms with Gasteiger partial charge in [-0.1, -0.05) is 0 Å². The maximum Gasteiger partial charge on any atom is 0.339 e. The number of esters is 1. The van der Waals surface area contributed by atoms with Crippen molar-refractivity contribution < 1.29 is 9.53 Å². The number of aryl methyl sites for hydroxylation is 1. The molecule has 1 unspecified atom stereocenters. The van der Waals surface area contributed by atoms with E-state index >= 15 is 0 Å². The Morgan fingerprint density at radius 2 is 2.19 bits per heavy atom. The maximum absolute atomic E-state index is 11.3. The molecule has 0 saturated heterocycles. The van der Waals surface area contributed by atoms with Gasteiger partial charge in [0.05, 0.1) is 18.4 Å². The summed E-state index contributed by atoms with van der Waals surface area (Å²) in [7, 11) is 1.37. The molecule has 0 radical (unpaired) electrons. The van der Waals surface area contributed by atoms with Gasteiger partial charge >= 0.3 is 5.97 Å². The third-order valence-electron chi connectivity index (χ3n) is 3.18. The number of nitrogens with zero attached hydrogens (tertiary/aromatic N) is 1. The summed E-state index contributed by atoms with van der Waals surface area (Å²) in [5.74, 6) is -0.358. The van der Waals surface area contributed by atoms with E-state index in [1.54, 1.807) is 12.3 Å². The molecule has 0 aliphatic carbocycles. The molecule has 0 bridgehead atoms. The van der Waals surface area contributed by atoms with E-state index in [4.69, 9.17) is 0 Å². The number of methoxy groups -OCH3 is 1. The van der Waals surface area contributed by atoms with Crippen LogP contribution in [-0.4, -0.2) is 24.1 Å². The summed E-state index contributed by atoms with van der Waals surface area (Å²) in [6.07, 6.45) is 2.56. The standard InChI is InChI=1S/C16H20N2O2S/c1-11(8-15-7-4-12(2)21-15)17-10-14-6-5-13(9-18-14)16(19)20-3/h4-7,9,11,17H,8,10H2,1-3H3. The van der Waals surface area contributed by atoms with Crippen LogP contribution in [0.2, 0.25) is 0 Å². The first kappa shape index (κ1) is 15.7. The van der Waals surface area contributed by atoms with Crippen LogP contribution >= 0.6 is 11.3 Å². The molecule has 0 aliphatic heterocycles. The largest absolute Gasteiger partial charge is 0.465 e. The Bertz CT molecular complexity index is 593. The Balaban J connectivity index is 1.83. The summed E-state index contributed by atoms with van der Waals surface area (Å²) in [6, 6.07) is 8.30. The van der Waals surface area contributed by atoms with Gasteiger partial charge in [0.25, 0.3) is 0 Å². The molecular weight excluding hydrogens is 284 g/mol. The number of carbonyl (C=O) groups excluding carboxylic acids is 1. The molecule has 0 fully saturated rings. The summed E-state index contributed by atoms with van der Waals surface area (Å²) >= 11 is 1.84. The van der Waals surface area contributed by atoms with Crippen molar-refractivity contribution in [2.24, 2.45) is 0 Å². The molecule has 1 N–H and O–H groups in total. The number of nitrogens with one attached hydrogen (secondary N) is 1. The zero-order valence-electron chi connectivity index (χ0n) is 12.6. The zero-order chi connectivity index (χ0) is 15.2. The fourth-order valence-electron chi connectivity index (χ4n) is 2.02. The SMILES string of the molecule is COC(=O)c1ccc(CNC(C)Cc2ccc(C)s2)nc1. The molecule has 0 amide bonds. The molecule has 112 valence electrons. The van der Waals surface area contributed by atoms with Crippen molar-refractivity contribution in [1.29, 1.82) is 0 Å². The fraction of sp³-hybridized carbons (Fsp3) is 0.375. The normalized spacial score (nSPS) is 12.1. The van der Waals surface area contributed by atoms with E-state index < -0.39 is 0 Å². The van der Waals surface area contributed by atoms with Gasteiger partial charge in [0, 0.05) is 28.5 Å². The number of ether oxygens (including phenoxy) is 1. The Morgan fingerprint density at radius 3 is 2.76 bits per heavy atom. The minimum Gasteiger partial charge on any atom is -0.465 e. The van der Waals surface area contributed by atoms with Gasteiger partial charge in [0.15, 0.2) is 0 Å². The van der Waals surface area contributed by atoms with Crippen molar-refractivity contribution in [1.82, 2.24) is 10.3 Å². The molecule has 2 aromatic rings. The number of carbonyl (C=O) groups is 1. The van der Waals surface area contributed by atoms with Gasteiger partial charge in [-0.05, 0) is 44.5 Å². The molecule has 4 nitrogen and oxygen atoms in total. The molecule has 2 heterocycles. The fourth-order valence-corrected chi connectivity index (χ4v) is 3.03. The van der Waals surface area contributed by atoms with E-state index in [0.717, 1.165) is 12.1 Å². The highest BCUT2D eigenvalue weighted by molar-refractivity contribution is 7.11. The molecule has 0 aliphatic rings. The van der Waals surface area contributed by atoms with Gasteiger partial charge in [0.2, 0.25) is 0 Å². The topological polar surface area (TPSA) is 51.2 Å². The Labute approximate surface area is 129 Å². The molecule has 2 aromatic heterocycles. The molecule has 5 heteroatoms. The minimum atomic E-state index is -0.358. The summed E-state index contributed by atoms with van der Waals surface area (Å²) in [5, 5.41) is 3.45. The first-order valence-corrected chi connectivity index (χ1v) is 7.72. The number of pyridine rings is 1. The monoisotopic (exact) mass is 304 g/mol. The van der Waals surface area contributed by atoms with Gasteiger partial charge in [-0.2, -0.15) is 0 Å². The van der Waals surface area contributed by atoms with E-state index in [1.807, 2.05) is 17.4 Å². The van der Waals surface area contributed by atoms with Crippen molar-refractivity contribution in [2.45, 2.75) is 32.9 Å². The molecule has 0 aromatic carbocycles. The quantitative estimate of drug-likeness (QED) is 0.834. The average molecular weight is 304 g/mol. The number of rotatable bonds is 6. The highest BCUT2D eigenvalue weighted by Crippen LogP contribution is 2.16. The van der Waals surface area contributed by atoms with E-state index in [2.05, 4.69) is 41.0 Å². The van der Waals surface area contributed by atoms with Gasteiger partial charge < -0.3 is 10.1 Å². The Hall–Kier alpha value is -1.72. The Morgan fingerprint density at radius 1 is 1.38 bits per heavy atom.